The number of rotatable bonds is 5. The molecule has 0 unspecified atom stereocenters. The van der Waals surface area contributed by atoms with Crippen molar-refractivity contribution >= 4 is 49.9 Å². The van der Waals surface area contributed by atoms with Crippen LogP contribution in [-0.4, -0.2) is 22.6 Å². The third-order valence-corrected chi connectivity index (χ3v) is 5.97. The number of carbonyl (C=O) groups excluding carboxylic acids is 1. The van der Waals surface area contributed by atoms with E-state index in [0.29, 0.717) is 29.3 Å². The average molecular weight is 546 g/mol. The summed E-state index contributed by atoms with van der Waals surface area (Å²) >= 11 is 3.28. The van der Waals surface area contributed by atoms with Crippen molar-refractivity contribution in [1.82, 2.24) is 9.55 Å². The van der Waals surface area contributed by atoms with Crippen LogP contribution >= 0.6 is 15.9 Å². The summed E-state index contributed by atoms with van der Waals surface area (Å²) in [6.45, 7) is 1.85. The van der Waals surface area contributed by atoms with E-state index in [1.54, 1.807) is 25.5 Å². The number of hydrogen-bond donors (Lipinski definition) is 3. The fourth-order valence-electron chi connectivity index (χ4n) is 3.63. The molecular weight excluding hydrogens is 527 g/mol. The molecule has 4 rings (SSSR count). The van der Waals surface area contributed by atoms with Gasteiger partial charge >= 0.3 is 6.03 Å². The lowest BCUT2D eigenvalue weighted by molar-refractivity contribution is 0.262. The average Bonchev–Trinajstić information content (AvgIpc) is 2.82. The molecule has 0 aliphatic heterocycles. The Morgan fingerprint density at radius 3 is 2.46 bits per heavy atom. The third-order valence-electron chi connectivity index (χ3n) is 5.34. The number of nitrogens with zero attached hydrogens (tertiary/aromatic N) is 2. The molecular formula is C24H19BrF3N5O2. The number of aromatic nitrogens is 2. The molecule has 2 aromatic heterocycles. The Morgan fingerprint density at radius 1 is 1.06 bits per heavy atom. The largest absolute Gasteiger partial charge is 0.373 e. The van der Waals surface area contributed by atoms with Crippen LogP contribution in [0, 0.1) is 17.5 Å². The molecule has 2 aromatic carbocycles. The van der Waals surface area contributed by atoms with Crippen molar-refractivity contribution in [3.63, 3.8) is 0 Å². The van der Waals surface area contributed by atoms with Gasteiger partial charge in [0.2, 0.25) is 0 Å². The minimum absolute atomic E-state index is 0.253. The first-order valence-corrected chi connectivity index (χ1v) is 11.3. The normalized spacial score (nSPS) is 10.9. The number of amides is 2. The molecule has 0 saturated carbocycles. The van der Waals surface area contributed by atoms with Gasteiger partial charge in [-0.15, -0.1) is 0 Å². The molecule has 2 heterocycles. The van der Waals surface area contributed by atoms with Gasteiger partial charge in [0.15, 0.2) is 0 Å². The Morgan fingerprint density at radius 2 is 1.77 bits per heavy atom. The maximum atomic E-state index is 14.7. The summed E-state index contributed by atoms with van der Waals surface area (Å²) in [6, 6.07) is 5.85. The Bertz CT molecular complexity index is 1520. The summed E-state index contributed by atoms with van der Waals surface area (Å²) < 4.78 is 43.2. The molecule has 0 spiro atoms. The molecule has 0 bridgehead atoms. The molecule has 0 radical (unpaired) electrons. The van der Waals surface area contributed by atoms with Gasteiger partial charge in [-0.1, -0.05) is 6.92 Å². The fraction of sp³-hybridized carbons (Fsp3) is 0.125. The third kappa shape index (κ3) is 4.85. The molecule has 0 saturated heterocycles. The van der Waals surface area contributed by atoms with Gasteiger partial charge in [0.05, 0.1) is 17.1 Å². The molecule has 11 heteroatoms. The van der Waals surface area contributed by atoms with E-state index in [-0.39, 0.29) is 27.1 Å². The Balaban J connectivity index is 1.74. The minimum Gasteiger partial charge on any atom is -0.373 e. The first kappa shape index (κ1) is 24.3. The summed E-state index contributed by atoms with van der Waals surface area (Å²) in [5.74, 6) is -1.97. The topological polar surface area (TPSA) is 88.1 Å². The number of hydrogen-bond acceptors (Lipinski definition) is 4. The van der Waals surface area contributed by atoms with Gasteiger partial charge in [-0.05, 0) is 58.1 Å². The van der Waals surface area contributed by atoms with Crippen molar-refractivity contribution in [2.45, 2.75) is 13.3 Å². The molecule has 2 amide bonds. The molecule has 0 aliphatic rings. The van der Waals surface area contributed by atoms with Crippen molar-refractivity contribution in [2.75, 3.05) is 23.0 Å². The number of aryl methyl sites for hydroxylation is 1. The van der Waals surface area contributed by atoms with Gasteiger partial charge in [0, 0.05) is 40.9 Å². The molecule has 3 N–H and O–H groups in total. The second-order valence-electron chi connectivity index (χ2n) is 7.53. The van der Waals surface area contributed by atoms with Crippen LogP contribution in [0.15, 0.2) is 58.1 Å². The fourth-order valence-corrected chi connectivity index (χ4v) is 4.14. The van der Waals surface area contributed by atoms with E-state index in [1.165, 1.54) is 10.6 Å². The first-order chi connectivity index (χ1) is 16.7. The van der Waals surface area contributed by atoms with Crippen LogP contribution in [0.1, 0.15) is 12.5 Å². The second kappa shape index (κ2) is 9.79. The Kier molecular flexibility index (Phi) is 6.79. The Hall–Kier alpha value is -3.86. The highest BCUT2D eigenvalue weighted by molar-refractivity contribution is 9.10. The van der Waals surface area contributed by atoms with Crippen LogP contribution in [0.3, 0.4) is 0 Å². The minimum atomic E-state index is -0.984. The number of carbonyl (C=O) groups is 1. The summed E-state index contributed by atoms with van der Waals surface area (Å²) in [6.07, 6.45) is 3.65. The smallest absolute Gasteiger partial charge is 0.323 e. The van der Waals surface area contributed by atoms with E-state index in [2.05, 4.69) is 36.9 Å². The maximum absolute atomic E-state index is 14.7. The molecule has 0 aliphatic carbocycles. The lowest BCUT2D eigenvalue weighted by Gasteiger charge is -2.16. The highest BCUT2D eigenvalue weighted by Crippen LogP contribution is 2.29. The summed E-state index contributed by atoms with van der Waals surface area (Å²) in [5.41, 5.74) is -0.0414. The molecule has 35 heavy (non-hydrogen) atoms. The van der Waals surface area contributed by atoms with Gasteiger partial charge in [0.1, 0.15) is 23.3 Å². The lowest BCUT2D eigenvalue weighted by atomic mass is 10.1. The van der Waals surface area contributed by atoms with Crippen LogP contribution in [0.2, 0.25) is 0 Å². The van der Waals surface area contributed by atoms with Crippen LogP contribution in [0.5, 0.6) is 0 Å². The second-order valence-corrected chi connectivity index (χ2v) is 8.38. The number of fused-ring (bicyclic) bond motifs is 1. The Labute approximate surface area is 206 Å². The van der Waals surface area contributed by atoms with E-state index >= 15 is 0 Å². The number of anilines is 3. The standard InChI is InChI=1S/C24H19BrF3N5O2/c1-3-14-15-7-22(29-2)30-10-12(15)11-33(23(14)34)21-9-20(18(28)8-16(21)25)32-24(35)31-19-5-4-13(26)6-17(19)27/h4-11,29H,3H2,1-2H3,(H2,31,32,35). The van der Waals surface area contributed by atoms with Crippen molar-refractivity contribution < 1.29 is 18.0 Å². The quantitative estimate of drug-likeness (QED) is 0.295. The van der Waals surface area contributed by atoms with Gasteiger partial charge in [0.25, 0.3) is 5.56 Å². The maximum Gasteiger partial charge on any atom is 0.323 e. The van der Waals surface area contributed by atoms with Crippen LogP contribution < -0.4 is 21.5 Å². The zero-order valence-electron chi connectivity index (χ0n) is 18.5. The molecule has 4 aromatic rings. The molecule has 180 valence electrons. The lowest BCUT2D eigenvalue weighted by Crippen LogP contribution is -2.24. The van der Waals surface area contributed by atoms with Crippen molar-refractivity contribution in [3.05, 3.63) is 86.6 Å². The summed E-state index contributed by atoms with van der Waals surface area (Å²) in [5, 5.41) is 8.87. The summed E-state index contributed by atoms with van der Waals surface area (Å²) in [7, 11) is 1.73. The zero-order valence-corrected chi connectivity index (χ0v) is 20.1. The van der Waals surface area contributed by atoms with E-state index in [4.69, 9.17) is 0 Å². The van der Waals surface area contributed by atoms with Crippen molar-refractivity contribution in [2.24, 2.45) is 0 Å². The predicted molar refractivity (Wildman–Crippen MR) is 133 cm³/mol. The SMILES string of the molecule is CCc1c(=O)n(-c2cc(NC(=O)Nc3ccc(F)cc3F)c(F)cc2Br)cc2cnc(NC)cc12. The predicted octanol–water partition coefficient (Wildman–Crippen LogP) is 5.81. The van der Waals surface area contributed by atoms with Crippen LogP contribution in [0.25, 0.3) is 16.5 Å². The van der Waals surface area contributed by atoms with E-state index in [1.807, 2.05) is 6.92 Å². The van der Waals surface area contributed by atoms with Gasteiger partial charge in [-0.3, -0.25) is 9.36 Å². The highest BCUT2D eigenvalue weighted by atomic mass is 79.9. The van der Waals surface area contributed by atoms with Crippen molar-refractivity contribution in [1.29, 1.82) is 0 Å². The van der Waals surface area contributed by atoms with E-state index in [0.717, 1.165) is 23.6 Å². The van der Waals surface area contributed by atoms with Crippen LogP contribution in [0.4, 0.5) is 35.2 Å². The monoisotopic (exact) mass is 545 g/mol. The summed E-state index contributed by atoms with van der Waals surface area (Å²) in [4.78, 5) is 30.0. The van der Waals surface area contributed by atoms with Gasteiger partial charge < -0.3 is 16.0 Å². The first-order valence-electron chi connectivity index (χ1n) is 10.5. The number of benzene rings is 2. The highest BCUT2D eigenvalue weighted by Gasteiger charge is 2.17. The number of nitrogens with one attached hydrogen (secondary N) is 3. The number of pyridine rings is 2. The molecule has 0 fully saturated rings. The van der Waals surface area contributed by atoms with Gasteiger partial charge in [-0.25, -0.2) is 22.9 Å². The molecule has 7 nitrogen and oxygen atoms in total. The molecule has 0 atom stereocenters. The number of urea groups is 1. The van der Waals surface area contributed by atoms with Gasteiger partial charge in [-0.2, -0.15) is 0 Å². The van der Waals surface area contributed by atoms with Crippen LogP contribution in [-0.2, 0) is 6.42 Å². The van der Waals surface area contributed by atoms with Crippen molar-refractivity contribution in [3.8, 4) is 5.69 Å². The van der Waals surface area contributed by atoms with E-state index in [9.17, 15) is 22.8 Å². The van der Waals surface area contributed by atoms with E-state index < -0.39 is 23.5 Å². The zero-order chi connectivity index (χ0) is 25.3. The number of halogens is 4.